The van der Waals surface area contributed by atoms with Gasteiger partial charge in [-0.1, -0.05) is 54.1 Å². The summed E-state index contributed by atoms with van der Waals surface area (Å²) >= 11 is 6.09. The van der Waals surface area contributed by atoms with E-state index in [0.29, 0.717) is 16.4 Å². The van der Waals surface area contributed by atoms with Crippen molar-refractivity contribution >= 4 is 39.5 Å². The van der Waals surface area contributed by atoms with E-state index in [9.17, 15) is 4.79 Å². The number of aromatic amines is 1. The van der Waals surface area contributed by atoms with Crippen molar-refractivity contribution in [3.63, 3.8) is 0 Å². The summed E-state index contributed by atoms with van der Waals surface area (Å²) in [6.07, 6.45) is 4.23. The first-order valence-electron chi connectivity index (χ1n) is 12.3. The van der Waals surface area contributed by atoms with Gasteiger partial charge in [0.1, 0.15) is 0 Å². The van der Waals surface area contributed by atoms with Crippen LogP contribution in [0, 0.1) is 0 Å². The van der Waals surface area contributed by atoms with Gasteiger partial charge in [0.25, 0.3) is 0 Å². The van der Waals surface area contributed by atoms with Crippen LogP contribution in [0.5, 0.6) is 5.75 Å². The maximum absolute atomic E-state index is 12.4. The maximum atomic E-state index is 12.4. The van der Waals surface area contributed by atoms with E-state index in [0.717, 1.165) is 41.3 Å². The summed E-state index contributed by atoms with van der Waals surface area (Å²) < 4.78 is 7.29. The minimum Gasteiger partial charge on any atom is -0.407 e. The molecule has 0 bridgehead atoms. The van der Waals surface area contributed by atoms with Gasteiger partial charge < -0.3 is 15.0 Å². The molecule has 2 heterocycles. The Morgan fingerprint density at radius 3 is 2.73 bits per heavy atom. The van der Waals surface area contributed by atoms with Gasteiger partial charge in [-0.05, 0) is 62.2 Å². The lowest BCUT2D eigenvalue weighted by molar-refractivity contribution is 0.210. The van der Waals surface area contributed by atoms with E-state index < -0.39 is 6.09 Å². The number of amides is 1. The minimum atomic E-state index is -0.729. The van der Waals surface area contributed by atoms with E-state index in [-0.39, 0.29) is 5.75 Å². The van der Waals surface area contributed by atoms with Crippen molar-refractivity contribution in [3.8, 4) is 5.75 Å². The fraction of sp³-hybridized carbons (Fsp3) is 0.207. The molecule has 0 aliphatic rings. The van der Waals surface area contributed by atoms with E-state index in [4.69, 9.17) is 16.3 Å². The van der Waals surface area contributed by atoms with Gasteiger partial charge in [-0.2, -0.15) is 10.1 Å². The molecule has 0 unspecified atom stereocenters. The average Bonchev–Trinajstić information content (AvgIpc) is 3.43. The summed E-state index contributed by atoms with van der Waals surface area (Å²) in [5, 5.41) is 11.0. The van der Waals surface area contributed by atoms with Crippen LogP contribution in [0.25, 0.3) is 21.8 Å². The van der Waals surface area contributed by atoms with Crippen molar-refractivity contribution in [1.82, 2.24) is 20.1 Å². The van der Waals surface area contributed by atoms with Crippen LogP contribution >= 0.6 is 11.6 Å². The predicted octanol–water partition coefficient (Wildman–Crippen LogP) is 6.18. The van der Waals surface area contributed by atoms with Crippen LogP contribution in [-0.2, 0) is 13.0 Å². The molecular formula is C29H28ClN5O2. The van der Waals surface area contributed by atoms with Crippen molar-refractivity contribution < 1.29 is 9.53 Å². The van der Waals surface area contributed by atoms with Gasteiger partial charge in [0.05, 0.1) is 22.1 Å². The highest BCUT2D eigenvalue weighted by molar-refractivity contribution is 6.32. The molecule has 0 atom stereocenters. The standard InChI is InChI=1S/C29H28ClN5O2/c1-19(2)35-18-20(16-32-35)13-14-31-17-21-7-5-10-24-23-9-6-8-22(15-26(23)34-28(21)24)33-29(36)37-27-12-4-3-11-25(27)30/h3-12,15-16,18-19,31,34H,13-14,17H2,1-2H3. The van der Waals surface area contributed by atoms with Crippen molar-refractivity contribution in [2.75, 3.05) is 6.54 Å². The number of nitrogens with one attached hydrogen (secondary N) is 2. The highest BCUT2D eigenvalue weighted by atomic mass is 35.5. The Hall–Kier alpha value is -3.94. The van der Waals surface area contributed by atoms with Gasteiger partial charge >= 0.3 is 6.09 Å². The lowest BCUT2D eigenvalue weighted by atomic mass is 10.1. The van der Waals surface area contributed by atoms with Crippen molar-refractivity contribution in [1.29, 1.82) is 0 Å². The Bertz CT molecular complexity index is 1640. The fourth-order valence-corrected chi connectivity index (χ4v) is 4.44. The summed E-state index contributed by atoms with van der Waals surface area (Å²) in [7, 11) is 0. The summed E-state index contributed by atoms with van der Waals surface area (Å²) in [6.45, 7) is 5.83. The van der Waals surface area contributed by atoms with Crippen LogP contribution in [0.3, 0.4) is 0 Å². The minimum absolute atomic E-state index is 0.278. The third-order valence-corrected chi connectivity index (χ3v) is 6.47. The summed E-state index contributed by atoms with van der Waals surface area (Å²) in [4.78, 5) is 20.1. The Labute approximate surface area is 219 Å². The van der Waals surface area contributed by atoms with Gasteiger partial charge in [-0.15, -0.1) is 0 Å². The molecule has 7 nitrogen and oxygen atoms in total. The number of benzene rings is 2. The van der Waals surface area contributed by atoms with Crippen LogP contribution in [0.15, 0.2) is 84.1 Å². The van der Waals surface area contributed by atoms with Gasteiger partial charge in [0.15, 0.2) is 5.75 Å². The lowest BCUT2D eigenvalue weighted by Crippen LogP contribution is -2.16. The van der Waals surface area contributed by atoms with Crippen molar-refractivity contribution in [2.24, 2.45) is 4.99 Å². The van der Waals surface area contributed by atoms with Gasteiger partial charge in [-0.3, -0.25) is 4.68 Å². The Balaban J connectivity index is 1.34. The number of carbonyl (C=O) groups excluding carboxylic acids is 1. The molecule has 2 aromatic heterocycles. The summed E-state index contributed by atoms with van der Waals surface area (Å²) in [6, 6.07) is 21.0. The molecule has 1 amide bonds. The number of hydrogen-bond acceptors (Lipinski definition) is 4. The van der Waals surface area contributed by atoms with E-state index in [2.05, 4.69) is 58.6 Å². The highest BCUT2D eigenvalue weighted by Crippen LogP contribution is 2.27. The van der Waals surface area contributed by atoms with Crippen molar-refractivity contribution in [3.05, 3.63) is 101 Å². The SMILES string of the molecule is CC(C)n1cc(CCNCc2cccc3c2[nH]c2cc(=NC(=O)Oc4ccccc4Cl)cccc23)cn1. The fourth-order valence-electron chi connectivity index (χ4n) is 4.26. The number of carbonyl (C=O) groups is 1. The zero-order valence-electron chi connectivity index (χ0n) is 20.7. The molecule has 8 heteroatoms. The van der Waals surface area contributed by atoms with Gasteiger partial charge in [0, 0.05) is 35.1 Å². The quantitative estimate of drug-likeness (QED) is 0.254. The number of para-hydroxylation sites is 2. The molecule has 0 fully saturated rings. The topological polar surface area (TPSA) is 84.3 Å². The molecule has 2 N–H and O–H groups in total. The highest BCUT2D eigenvalue weighted by Gasteiger charge is 2.09. The molecule has 0 saturated carbocycles. The number of hydrogen-bond donors (Lipinski definition) is 2. The molecule has 5 aromatic rings. The third kappa shape index (κ3) is 5.74. The van der Waals surface area contributed by atoms with E-state index in [1.807, 2.05) is 29.1 Å². The average molecular weight is 514 g/mol. The molecule has 188 valence electrons. The Kier molecular flexibility index (Phi) is 7.35. The van der Waals surface area contributed by atoms with E-state index >= 15 is 0 Å². The number of nitrogens with zero attached hydrogens (tertiary/aromatic N) is 3. The first-order valence-corrected chi connectivity index (χ1v) is 12.6. The third-order valence-electron chi connectivity index (χ3n) is 6.16. The van der Waals surface area contributed by atoms with Crippen LogP contribution in [0.4, 0.5) is 4.79 Å². The second-order valence-electron chi connectivity index (χ2n) is 9.15. The zero-order valence-corrected chi connectivity index (χ0v) is 21.5. The van der Waals surface area contributed by atoms with Crippen molar-refractivity contribution in [2.45, 2.75) is 32.9 Å². The molecule has 0 aliphatic carbocycles. The molecule has 0 radical (unpaired) electrons. The van der Waals surface area contributed by atoms with Crippen LogP contribution in [0.2, 0.25) is 5.02 Å². The zero-order chi connectivity index (χ0) is 25.8. The first-order chi connectivity index (χ1) is 18.0. The molecule has 0 spiro atoms. The molecule has 5 rings (SSSR count). The number of rotatable bonds is 7. The van der Waals surface area contributed by atoms with E-state index in [1.54, 1.807) is 30.3 Å². The summed E-state index contributed by atoms with van der Waals surface area (Å²) in [5.74, 6) is 0.278. The number of halogens is 1. The molecule has 0 saturated heterocycles. The smallest absolute Gasteiger partial charge is 0.407 e. The van der Waals surface area contributed by atoms with Gasteiger partial charge in [-0.25, -0.2) is 4.79 Å². The van der Waals surface area contributed by atoms with Gasteiger partial charge in [0.2, 0.25) is 0 Å². The maximum Gasteiger partial charge on any atom is 0.439 e. The Morgan fingerprint density at radius 2 is 1.92 bits per heavy atom. The number of fused-ring (bicyclic) bond motifs is 3. The molecular weight excluding hydrogens is 486 g/mol. The first kappa shape index (κ1) is 24.7. The number of ether oxygens (including phenoxy) is 1. The predicted molar refractivity (Wildman–Crippen MR) is 147 cm³/mol. The lowest BCUT2D eigenvalue weighted by Gasteiger charge is -2.06. The summed E-state index contributed by atoms with van der Waals surface area (Å²) in [5.41, 5.74) is 4.35. The van der Waals surface area contributed by atoms with Crippen LogP contribution in [0.1, 0.15) is 31.0 Å². The Morgan fingerprint density at radius 1 is 1.11 bits per heavy atom. The normalized spacial score (nSPS) is 12.1. The second-order valence-corrected chi connectivity index (χ2v) is 9.55. The monoisotopic (exact) mass is 513 g/mol. The molecule has 37 heavy (non-hydrogen) atoms. The molecule has 0 aliphatic heterocycles. The van der Waals surface area contributed by atoms with Crippen LogP contribution < -0.4 is 15.4 Å². The largest absolute Gasteiger partial charge is 0.439 e. The molecule has 3 aromatic carbocycles. The number of aromatic nitrogens is 3. The number of H-pyrrole nitrogens is 1. The van der Waals surface area contributed by atoms with E-state index in [1.165, 1.54) is 11.1 Å². The second kappa shape index (κ2) is 11.0. The van der Waals surface area contributed by atoms with Crippen LogP contribution in [-0.4, -0.2) is 27.4 Å².